The molecule has 0 bridgehead atoms. The summed E-state index contributed by atoms with van der Waals surface area (Å²) in [6, 6.07) is 10.0. The third-order valence-corrected chi connectivity index (χ3v) is 4.57. The van der Waals surface area contributed by atoms with Crippen LogP contribution in [0.3, 0.4) is 0 Å². The number of hydrogen-bond donors (Lipinski definition) is 2. The summed E-state index contributed by atoms with van der Waals surface area (Å²) in [7, 11) is -3.96. The van der Waals surface area contributed by atoms with Crippen LogP contribution in [0.4, 0.5) is 10.1 Å². The average Bonchev–Trinajstić information content (AvgIpc) is 2.42. The van der Waals surface area contributed by atoms with Crippen molar-refractivity contribution in [2.24, 2.45) is 0 Å². The Kier molecular flexibility index (Phi) is 4.42. The normalized spacial score (nSPS) is 11.3. The molecule has 7 heteroatoms. The number of nitrogens with one attached hydrogen (secondary N) is 1. The van der Waals surface area contributed by atoms with Gasteiger partial charge in [0, 0.05) is 4.47 Å². The van der Waals surface area contributed by atoms with Gasteiger partial charge in [0.15, 0.2) is 0 Å². The summed E-state index contributed by atoms with van der Waals surface area (Å²) in [4.78, 5) is -0.0789. The highest BCUT2D eigenvalue weighted by Crippen LogP contribution is 2.24. The number of halogens is 2. The molecule has 0 aromatic heterocycles. The lowest BCUT2D eigenvalue weighted by Crippen LogP contribution is -2.15. The van der Waals surface area contributed by atoms with Gasteiger partial charge in [0.1, 0.15) is 5.82 Å². The van der Waals surface area contributed by atoms with E-state index in [9.17, 15) is 12.8 Å². The first-order chi connectivity index (χ1) is 9.44. The molecule has 0 fully saturated rings. The van der Waals surface area contributed by atoms with Crippen LogP contribution in [-0.2, 0) is 16.6 Å². The lowest BCUT2D eigenvalue weighted by molar-refractivity contribution is 0.278. The molecular weight excluding hydrogens is 349 g/mol. The van der Waals surface area contributed by atoms with Crippen LogP contribution in [0.2, 0.25) is 0 Å². The molecule has 0 saturated heterocycles. The Morgan fingerprint density at radius 3 is 2.55 bits per heavy atom. The Morgan fingerprint density at radius 1 is 1.20 bits per heavy atom. The number of benzene rings is 2. The van der Waals surface area contributed by atoms with Crippen molar-refractivity contribution >= 4 is 31.6 Å². The van der Waals surface area contributed by atoms with Crippen LogP contribution in [0.5, 0.6) is 0 Å². The van der Waals surface area contributed by atoms with E-state index in [2.05, 4.69) is 20.7 Å². The Hall–Kier alpha value is -1.44. The number of hydrogen-bond acceptors (Lipinski definition) is 3. The van der Waals surface area contributed by atoms with Gasteiger partial charge in [-0.2, -0.15) is 0 Å². The zero-order chi connectivity index (χ0) is 14.8. The van der Waals surface area contributed by atoms with E-state index >= 15 is 0 Å². The van der Waals surface area contributed by atoms with Gasteiger partial charge in [-0.15, -0.1) is 0 Å². The molecule has 0 aliphatic carbocycles. The topological polar surface area (TPSA) is 66.4 Å². The molecule has 0 aliphatic rings. The molecule has 0 aliphatic heterocycles. The van der Waals surface area contributed by atoms with Crippen molar-refractivity contribution in [3.05, 3.63) is 58.3 Å². The summed E-state index contributed by atoms with van der Waals surface area (Å²) in [6.07, 6.45) is 0. The minimum absolute atomic E-state index is 0.0789. The van der Waals surface area contributed by atoms with E-state index in [1.54, 1.807) is 6.07 Å². The van der Waals surface area contributed by atoms with E-state index in [1.807, 2.05) is 0 Å². The average molecular weight is 360 g/mol. The van der Waals surface area contributed by atoms with Crippen molar-refractivity contribution in [3.63, 3.8) is 0 Å². The Bertz CT molecular complexity index is 734. The second-order valence-electron chi connectivity index (χ2n) is 4.00. The molecule has 0 unspecified atom stereocenters. The predicted octanol–water partition coefficient (Wildman–Crippen LogP) is 2.88. The summed E-state index contributed by atoms with van der Waals surface area (Å²) >= 11 is 3.09. The predicted molar refractivity (Wildman–Crippen MR) is 77.3 cm³/mol. The first-order valence-electron chi connectivity index (χ1n) is 5.60. The van der Waals surface area contributed by atoms with E-state index in [0.29, 0.717) is 4.47 Å². The molecule has 2 N–H and O–H groups in total. The number of sulfonamides is 1. The van der Waals surface area contributed by atoms with E-state index in [0.717, 1.165) is 6.07 Å². The minimum Gasteiger partial charge on any atom is -0.392 e. The minimum atomic E-state index is -3.96. The van der Waals surface area contributed by atoms with Gasteiger partial charge in [0.2, 0.25) is 0 Å². The molecule has 2 aromatic carbocycles. The molecule has 20 heavy (non-hydrogen) atoms. The molecule has 0 spiro atoms. The van der Waals surface area contributed by atoms with Crippen LogP contribution >= 0.6 is 15.9 Å². The summed E-state index contributed by atoms with van der Waals surface area (Å²) in [6.45, 7) is -0.417. The molecule has 2 rings (SSSR count). The molecule has 106 valence electrons. The highest BCUT2D eigenvalue weighted by atomic mass is 79.9. The van der Waals surface area contributed by atoms with Crippen LogP contribution in [0.25, 0.3) is 0 Å². The fourth-order valence-electron chi connectivity index (χ4n) is 1.67. The fourth-order valence-corrected chi connectivity index (χ4v) is 3.30. The molecule has 0 radical (unpaired) electrons. The Balaban J connectivity index is 2.41. The first-order valence-corrected chi connectivity index (χ1v) is 7.88. The van der Waals surface area contributed by atoms with Gasteiger partial charge in [-0.1, -0.05) is 34.1 Å². The standard InChI is InChI=1S/C13H11BrFNO3S/c14-10-5-6-12(11(15)7-10)16-20(18,19)13-4-2-1-3-9(13)8-17/h1-7,16-17H,8H2. The smallest absolute Gasteiger partial charge is 0.262 e. The lowest BCUT2D eigenvalue weighted by atomic mass is 10.2. The van der Waals surface area contributed by atoms with Crippen molar-refractivity contribution in [1.29, 1.82) is 0 Å². The summed E-state index contributed by atoms with van der Waals surface area (Å²) in [5, 5.41) is 9.17. The largest absolute Gasteiger partial charge is 0.392 e. The second kappa shape index (κ2) is 5.90. The van der Waals surface area contributed by atoms with Crippen LogP contribution < -0.4 is 4.72 Å². The zero-order valence-electron chi connectivity index (χ0n) is 10.2. The van der Waals surface area contributed by atoms with Crippen LogP contribution in [0, 0.1) is 5.82 Å². The Morgan fingerprint density at radius 2 is 1.90 bits per heavy atom. The number of rotatable bonds is 4. The van der Waals surface area contributed by atoms with Crippen molar-refractivity contribution in [2.45, 2.75) is 11.5 Å². The fraction of sp³-hybridized carbons (Fsp3) is 0.0769. The first kappa shape index (κ1) is 15.0. The molecule has 4 nitrogen and oxygen atoms in total. The van der Waals surface area contributed by atoms with Crippen molar-refractivity contribution in [2.75, 3.05) is 4.72 Å². The second-order valence-corrected chi connectivity index (χ2v) is 6.56. The summed E-state index contributed by atoms with van der Waals surface area (Å²) < 4.78 is 40.8. The number of aliphatic hydroxyl groups excluding tert-OH is 1. The van der Waals surface area contributed by atoms with Gasteiger partial charge in [-0.05, 0) is 29.8 Å². The number of aliphatic hydroxyl groups is 1. The maximum Gasteiger partial charge on any atom is 0.262 e. The van der Waals surface area contributed by atoms with Gasteiger partial charge in [0.25, 0.3) is 10.0 Å². The summed E-state index contributed by atoms with van der Waals surface area (Å²) in [5.74, 6) is -0.690. The van der Waals surface area contributed by atoms with Gasteiger partial charge >= 0.3 is 0 Å². The van der Waals surface area contributed by atoms with Crippen molar-refractivity contribution in [3.8, 4) is 0 Å². The van der Waals surface area contributed by atoms with Gasteiger partial charge in [-0.3, -0.25) is 4.72 Å². The third-order valence-electron chi connectivity index (χ3n) is 2.61. The Labute approximate surface area is 124 Å². The van der Waals surface area contributed by atoms with Crippen molar-refractivity contribution in [1.82, 2.24) is 0 Å². The molecule has 2 aromatic rings. The highest BCUT2D eigenvalue weighted by Gasteiger charge is 2.19. The number of anilines is 1. The molecule has 0 atom stereocenters. The van der Waals surface area contributed by atoms with Crippen LogP contribution in [0.1, 0.15) is 5.56 Å². The van der Waals surface area contributed by atoms with E-state index in [1.165, 1.54) is 30.3 Å². The summed E-state index contributed by atoms with van der Waals surface area (Å²) in [5.41, 5.74) is 0.0958. The van der Waals surface area contributed by atoms with E-state index in [-0.39, 0.29) is 16.1 Å². The van der Waals surface area contributed by atoms with E-state index < -0.39 is 22.4 Å². The van der Waals surface area contributed by atoms with Crippen molar-refractivity contribution < 1.29 is 17.9 Å². The maximum atomic E-state index is 13.7. The van der Waals surface area contributed by atoms with Crippen LogP contribution in [0.15, 0.2) is 51.8 Å². The maximum absolute atomic E-state index is 13.7. The van der Waals surface area contributed by atoms with Gasteiger partial charge in [0.05, 0.1) is 17.2 Å². The molecular formula is C13H11BrFNO3S. The zero-order valence-corrected chi connectivity index (χ0v) is 12.6. The lowest BCUT2D eigenvalue weighted by Gasteiger charge is -2.11. The van der Waals surface area contributed by atoms with Gasteiger partial charge in [-0.25, -0.2) is 12.8 Å². The van der Waals surface area contributed by atoms with Gasteiger partial charge < -0.3 is 5.11 Å². The molecule has 0 saturated carbocycles. The van der Waals surface area contributed by atoms with E-state index in [4.69, 9.17) is 5.11 Å². The third kappa shape index (κ3) is 3.17. The molecule has 0 heterocycles. The molecule has 0 amide bonds. The quantitative estimate of drug-likeness (QED) is 0.881. The van der Waals surface area contributed by atoms with Crippen LogP contribution in [-0.4, -0.2) is 13.5 Å². The monoisotopic (exact) mass is 359 g/mol. The SMILES string of the molecule is O=S(=O)(Nc1ccc(Br)cc1F)c1ccccc1CO. The highest BCUT2D eigenvalue weighted by molar-refractivity contribution is 9.10.